The number of terminal acetylenes is 1. The van der Waals surface area contributed by atoms with Crippen LogP contribution in [0.5, 0.6) is 0 Å². The lowest BCUT2D eigenvalue weighted by Crippen LogP contribution is -2.49. The van der Waals surface area contributed by atoms with Crippen LogP contribution in [0.3, 0.4) is 0 Å². The Bertz CT molecular complexity index is 834. The fourth-order valence-corrected chi connectivity index (χ4v) is 5.89. The number of amides is 3. The summed E-state index contributed by atoms with van der Waals surface area (Å²) in [5.41, 5.74) is 5.91. The molecule has 4 rings (SSSR count). The summed E-state index contributed by atoms with van der Waals surface area (Å²) in [5.74, 6) is 0.264. The van der Waals surface area contributed by atoms with Crippen molar-refractivity contribution in [2.24, 2.45) is 11.7 Å². The number of nitrogens with zero attached hydrogens (tertiary/aromatic N) is 2. The zero-order valence-corrected chi connectivity index (χ0v) is 25.2. The van der Waals surface area contributed by atoms with Crippen LogP contribution in [0.1, 0.15) is 85.1 Å². The number of benzene rings is 1. The molecule has 1 spiro atoms. The normalized spacial score (nSPS) is 22.5. The van der Waals surface area contributed by atoms with Crippen LogP contribution in [0.4, 0.5) is 4.79 Å². The SMILES string of the molecule is C#C.CC(C)N1C(=O)N(CC2CCOCC2)CC12CCC(NCCCc1ccccc1)C2.CC(N)=O.CCC. The van der Waals surface area contributed by atoms with Gasteiger partial charge in [0.1, 0.15) is 0 Å². The molecule has 3 aliphatic rings. The van der Waals surface area contributed by atoms with Crippen LogP contribution in [0.2, 0.25) is 0 Å². The predicted molar refractivity (Wildman–Crippen MR) is 161 cm³/mol. The lowest BCUT2D eigenvalue weighted by Gasteiger charge is -2.36. The van der Waals surface area contributed by atoms with Gasteiger partial charge < -0.3 is 25.6 Å². The van der Waals surface area contributed by atoms with Gasteiger partial charge in [-0.1, -0.05) is 50.6 Å². The molecule has 2 heterocycles. The van der Waals surface area contributed by atoms with Crippen LogP contribution in [0.15, 0.2) is 30.3 Å². The molecule has 220 valence electrons. The average Bonchev–Trinajstić information content (AvgIpc) is 3.43. The third-order valence-electron chi connectivity index (χ3n) is 7.31. The Labute approximate surface area is 238 Å². The van der Waals surface area contributed by atoms with Crippen molar-refractivity contribution in [3.8, 4) is 12.8 Å². The van der Waals surface area contributed by atoms with Crippen LogP contribution in [-0.4, -0.2) is 72.2 Å². The largest absolute Gasteiger partial charge is 0.381 e. The number of rotatable bonds is 8. The molecule has 1 aliphatic carbocycles. The standard InChI is InChI=1S/C25H39N3O2.C3H8.C2H5NO.C2H2/c1-20(2)28-24(29)27(18-22-11-15-30-16-12-22)19-25(28)13-10-23(17-25)26-14-6-9-21-7-4-3-5-8-21;1-3-2;1-2(3)4;1-2/h3-5,7-8,20,22-23,26H,6,9-19H2,1-2H3;3H2,1-2H3;1H3,(H2,3,4);1-2H. The van der Waals surface area contributed by atoms with Crippen LogP contribution < -0.4 is 11.1 Å². The van der Waals surface area contributed by atoms with Crippen molar-refractivity contribution in [3.63, 3.8) is 0 Å². The molecule has 39 heavy (non-hydrogen) atoms. The van der Waals surface area contributed by atoms with Gasteiger partial charge >= 0.3 is 6.03 Å². The number of primary amides is 1. The summed E-state index contributed by atoms with van der Waals surface area (Å²) in [7, 11) is 0. The average molecular weight is 543 g/mol. The number of aryl methyl sites for hydroxylation is 1. The summed E-state index contributed by atoms with van der Waals surface area (Å²) in [6.07, 6.45) is 17.1. The Morgan fingerprint density at radius 3 is 2.31 bits per heavy atom. The fourth-order valence-electron chi connectivity index (χ4n) is 5.89. The van der Waals surface area contributed by atoms with E-state index < -0.39 is 0 Å². The van der Waals surface area contributed by atoms with Crippen molar-refractivity contribution in [2.75, 3.05) is 32.8 Å². The molecular weight excluding hydrogens is 488 g/mol. The molecule has 3 N–H and O–H groups in total. The zero-order chi connectivity index (χ0) is 29.3. The Balaban J connectivity index is 0.000000748. The maximum Gasteiger partial charge on any atom is 0.320 e. The van der Waals surface area contributed by atoms with E-state index in [0.29, 0.717) is 12.0 Å². The van der Waals surface area contributed by atoms with E-state index in [1.54, 1.807) is 0 Å². The molecule has 1 saturated carbocycles. The van der Waals surface area contributed by atoms with Crippen LogP contribution in [0.25, 0.3) is 0 Å². The molecule has 3 amide bonds. The molecule has 2 aliphatic heterocycles. The van der Waals surface area contributed by atoms with E-state index in [-0.39, 0.29) is 23.5 Å². The Morgan fingerprint density at radius 2 is 1.74 bits per heavy atom. The van der Waals surface area contributed by atoms with Crippen LogP contribution in [-0.2, 0) is 16.0 Å². The Kier molecular flexibility index (Phi) is 16.5. The number of urea groups is 1. The van der Waals surface area contributed by atoms with E-state index in [1.807, 2.05) is 0 Å². The smallest absolute Gasteiger partial charge is 0.320 e. The maximum absolute atomic E-state index is 13.3. The molecule has 1 aromatic rings. The molecule has 7 heteroatoms. The van der Waals surface area contributed by atoms with E-state index in [4.69, 9.17) is 4.74 Å². The topological polar surface area (TPSA) is 87.9 Å². The summed E-state index contributed by atoms with van der Waals surface area (Å²) in [6, 6.07) is 11.8. The minimum Gasteiger partial charge on any atom is -0.381 e. The quantitative estimate of drug-likeness (QED) is 0.348. The highest BCUT2D eigenvalue weighted by Gasteiger charge is 2.54. The summed E-state index contributed by atoms with van der Waals surface area (Å²) >= 11 is 0. The molecule has 2 unspecified atom stereocenters. The highest BCUT2D eigenvalue weighted by molar-refractivity contribution is 5.78. The third-order valence-corrected chi connectivity index (χ3v) is 7.31. The molecule has 0 radical (unpaired) electrons. The van der Waals surface area contributed by atoms with Crippen molar-refractivity contribution in [2.45, 2.75) is 104 Å². The lowest BCUT2D eigenvalue weighted by molar-refractivity contribution is -0.115. The molecular formula is C32H54N4O3. The first kappa shape index (κ1) is 34.5. The van der Waals surface area contributed by atoms with Gasteiger partial charge in [-0.05, 0) is 76.8 Å². The number of hydrogen-bond acceptors (Lipinski definition) is 4. The Hall–Kier alpha value is -2.56. The minimum atomic E-state index is -0.333. The highest BCUT2D eigenvalue weighted by Crippen LogP contribution is 2.42. The minimum absolute atomic E-state index is 0.0213. The summed E-state index contributed by atoms with van der Waals surface area (Å²) in [6.45, 7) is 14.5. The summed E-state index contributed by atoms with van der Waals surface area (Å²) < 4.78 is 5.51. The molecule has 7 nitrogen and oxygen atoms in total. The number of carbonyl (C=O) groups is 2. The van der Waals surface area contributed by atoms with Gasteiger partial charge in [0.15, 0.2) is 0 Å². The van der Waals surface area contributed by atoms with Crippen molar-refractivity contribution in [1.82, 2.24) is 15.1 Å². The zero-order valence-electron chi connectivity index (χ0n) is 25.2. The van der Waals surface area contributed by atoms with Crippen molar-refractivity contribution in [1.29, 1.82) is 0 Å². The Morgan fingerprint density at radius 1 is 1.15 bits per heavy atom. The second-order valence-corrected chi connectivity index (χ2v) is 11.2. The van der Waals surface area contributed by atoms with Gasteiger partial charge in [0.05, 0.1) is 5.54 Å². The first-order chi connectivity index (χ1) is 18.7. The molecule has 0 bridgehead atoms. The van der Waals surface area contributed by atoms with Gasteiger partial charge in [-0.25, -0.2) is 4.79 Å². The fraction of sp³-hybridized carbons (Fsp3) is 0.688. The van der Waals surface area contributed by atoms with E-state index >= 15 is 0 Å². The van der Waals surface area contributed by atoms with E-state index in [0.717, 1.165) is 71.4 Å². The lowest BCUT2D eigenvalue weighted by atomic mass is 9.94. The van der Waals surface area contributed by atoms with Crippen molar-refractivity contribution < 1.29 is 14.3 Å². The number of carbonyl (C=O) groups excluding carboxylic acids is 2. The molecule has 1 aromatic carbocycles. The monoisotopic (exact) mass is 542 g/mol. The molecule has 2 saturated heterocycles. The van der Waals surface area contributed by atoms with Crippen LogP contribution >= 0.6 is 0 Å². The second-order valence-electron chi connectivity index (χ2n) is 11.2. The van der Waals surface area contributed by atoms with Crippen molar-refractivity contribution >= 4 is 11.9 Å². The second kappa shape index (κ2) is 18.7. The summed E-state index contributed by atoms with van der Waals surface area (Å²) in [4.78, 5) is 26.9. The predicted octanol–water partition coefficient (Wildman–Crippen LogP) is 5.23. The van der Waals surface area contributed by atoms with Gasteiger partial charge in [0.2, 0.25) is 5.91 Å². The van der Waals surface area contributed by atoms with E-state index in [2.05, 4.69) is 91.7 Å². The van der Waals surface area contributed by atoms with Gasteiger partial charge in [-0.3, -0.25) is 4.79 Å². The first-order valence-corrected chi connectivity index (χ1v) is 14.7. The molecule has 3 fully saturated rings. The van der Waals surface area contributed by atoms with Gasteiger partial charge in [-0.15, -0.1) is 12.8 Å². The van der Waals surface area contributed by atoms with Crippen molar-refractivity contribution in [3.05, 3.63) is 35.9 Å². The highest BCUT2D eigenvalue weighted by atomic mass is 16.5. The van der Waals surface area contributed by atoms with Gasteiger partial charge in [0.25, 0.3) is 0 Å². The maximum atomic E-state index is 13.3. The molecule has 0 aromatic heterocycles. The number of ether oxygens (including phenoxy) is 1. The number of nitrogens with one attached hydrogen (secondary N) is 1. The number of nitrogens with two attached hydrogens (primary N) is 1. The van der Waals surface area contributed by atoms with Gasteiger partial charge in [-0.2, -0.15) is 0 Å². The van der Waals surface area contributed by atoms with Crippen LogP contribution in [0, 0.1) is 18.8 Å². The van der Waals surface area contributed by atoms with E-state index in [1.165, 1.54) is 25.3 Å². The molecule has 2 atom stereocenters. The van der Waals surface area contributed by atoms with E-state index in [9.17, 15) is 9.59 Å². The third kappa shape index (κ3) is 11.6. The summed E-state index contributed by atoms with van der Waals surface area (Å²) in [5, 5.41) is 3.80. The van der Waals surface area contributed by atoms with Gasteiger partial charge in [0, 0.05) is 45.3 Å². The number of hydrogen-bond donors (Lipinski definition) is 2. The first-order valence-electron chi connectivity index (χ1n) is 14.7.